The fourth-order valence-corrected chi connectivity index (χ4v) is 2.47. The molecule has 1 heterocycles. The molecular formula is C19H26N2O6. The monoisotopic (exact) mass is 378 g/mol. The summed E-state index contributed by atoms with van der Waals surface area (Å²) < 4.78 is 16.3. The molecule has 1 aromatic rings. The van der Waals surface area contributed by atoms with Gasteiger partial charge in [0.25, 0.3) is 5.91 Å². The van der Waals surface area contributed by atoms with Gasteiger partial charge in [-0.2, -0.15) is 0 Å². The first-order valence-corrected chi connectivity index (χ1v) is 8.71. The van der Waals surface area contributed by atoms with E-state index < -0.39 is 36.2 Å². The number of likely N-dealkylation sites (N-methyl/N-ethyl adjacent to an activating group) is 1. The molecule has 0 radical (unpaired) electrons. The lowest BCUT2D eigenvalue weighted by molar-refractivity contribution is -0.162. The highest BCUT2D eigenvalue weighted by Crippen LogP contribution is 2.33. The second-order valence-corrected chi connectivity index (χ2v) is 7.46. The molecule has 1 aromatic carbocycles. The third-order valence-corrected chi connectivity index (χ3v) is 3.73. The van der Waals surface area contributed by atoms with Crippen LogP contribution in [-0.4, -0.2) is 60.6 Å². The van der Waals surface area contributed by atoms with Crippen molar-refractivity contribution < 1.29 is 28.6 Å². The van der Waals surface area contributed by atoms with Crippen LogP contribution in [0.15, 0.2) is 24.3 Å². The van der Waals surface area contributed by atoms with E-state index in [1.54, 1.807) is 31.2 Å². The van der Waals surface area contributed by atoms with Gasteiger partial charge in [0, 0.05) is 12.6 Å². The highest BCUT2D eigenvalue weighted by Gasteiger charge is 2.35. The van der Waals surface area contributed by atoms with Crippen LogP contribution in [0.4, 0.5) is 0 Å². The molecule has 148 valence electrons. The molecular weight excluding hydrogens is 352 g/mol. The van der Waals surface area contributed by atoms with Gasteiger partial charge in [0.1, 0.15) is 6.10 Å². The summed E-state index contributed by atoms with van der Waals surface area (Å²) in [5.41, 5.74) is -0.391. The minimum atomic E-state index is -0.970. The number of hydrogen-bond acceptors (Lipinski definition) is 6. The van der Waals surface area contributed by atoms with Crippen LogP contribution < -0.4 is 14.8 Å². The van der Waals surface area contributed by atoms with E-state index in [0.29, 0.717) is 11.5 Å². The smallest absolute Gasteiger partial charge is 0.351 e. The maximum Gasteiger partial charge on any atom is 0.351 e. The van der Waals surface area contributed by atoms with Gasteiger partial charge in [0.15, 0.2) is 18.1 Å². The van der Waals surface area contributed by atoms with Gasteiger partial charge in [0.05, 0.1) is 6.54 Å². The van der Waals surface area contributed by atoms with Crippen LogP contribution in [0.3, 0.4) is 0 Å². The predicted molar refractivity (Wildman–Crippen MR) is 97.4 cm³/mol. The number of hydrogen-bond donors (Lipinski definition) is 1. The molecule has 0 aromatic heterocycles. The molecule has 1 N–H and O–H groups in total. The van der Waals surface area contributed by atoms with Crippen molar-refractivity contribution in [2.75, 3.05) is 20.2 Å². The molecule has 8 nitrogen and oxygen atoms in total. The third kappa shape index (κ3) is 5.87. The molecule has 2 atom stereocenters. The standard InChI is InChI=1S/C19H26N2O6/c1-12-17(27-14-9-7-6-8-13(14)26-12)18(24)25-11-16(23)21(5)10-15(22)20-19(2,3)4/h6-9,12,17H,10-11H2,1-5H3,(H,20,22). The summed E-state index contributed by atoms with van der Waals surface area (Å²) >= 11 is 0. The van der Waals surface area contributed by atoms with Gasteiger partial charge in [0.2, 0.25) is 12.0 Å². The number of carbonyl (C=O) groups excluding carboxylic acids is 3. The minimum absolute atomic E-state index is 0.125. The summed E-state index contributed by atoms with van der Waals surface area (Å²) in [6, 6.07) is 7.00. The van der Waals surface area contributed by atoms with Crippen molar-refractivity contribution in [1.82, 2.24) is 10.2 Å². The molecule has 0 bridgehead atoms. The van der Waals surface area contributed by atoms with Gasteiger partial charge in [-0.3, -0.25) is 9.59 Å². The van der Waals surface area contributed by atoms with E-state index in [9.17, 15) is 14.4 Å². The summed E-state index contributed by atoms with van der Waals surface area (Å²) in [6.45, 7) is 6.62. The minimum Gasteiger partial charge on any atom is -0.482 e. The molecule has 0 saturated carbocycles. The number of para-hydroxylation sites is 2. The van der Waals surface area contributed by atoms with Crippen molar-refractivity contribution >= 4 is 17.8 Å². The molecule has 0 aliphatic carbocycles. The first kappa shape index (κ1) is 20.5. The molecule has 2 amide bonds. The zero-order valence-corrected chi connectivity index (χ0v) is 16.3. The number of ether oxygens (including phenoxy) is 3. The lowest BCUT2D eigenvalue weighted by Gasteiger charge is -2.30. The zero-order chi connectivity index (χ0) is 20.2. The van der Waals surface area contributed by atoms with E-state index in [4.69, 9.17) is 14.2 Å². The number of benzene rings is 1. The largest absolute Gasteiger partial charge is 0.482 e. The number of carbonyl (C=O) groups is 3. The Balaban J connectivity index is 1.84. The zero-order valence-electron chi connectivity index (χ0n) is 16.3. The average molecular weight is 378 g/mol. The Hall–Kier alpha value is -2.77. The number of esters is 1. The summed E-state index contributed by atoms with van der Waals surface area (Å²) in [4.78, 5) is 37.5. The molecule has 2 rings (SSSR count). The van der Waals surface area contributed by atoms with Crippen LogP contribution in [0.5, 0.6) is 11.5 Å². The molecule has 2 unspecified atom stereocenters. The van der Waals surface area contributed by atoms with Gasteiger partial charge < -0.3 is 24.4 Å². The molecule has 0 fully saturated rings. The van der Waals surface area contributed by atoms with Crippen LogP contribution in [0, 0.1) is 0 Å². The Morgan fingerprint density at radius 3 is 2.33 bits per heavy atom. The van der Waals surface area contributed by atoms with E-state index in [2.05, 4.69) is 5.32 Å². The number of nitrogens with zero attached hydrogens (tertiary/aromatic N) is 1. The SMILES string of the molecule is CC1Oc2ccccc2OC1C(=O)OCC(=O)N(C)CC(=O)NC(C)(C)C. The molecule has 1 aliphatic heterocycles. The second kappa shape index (κ2) is 8.28. The Morgan fingerprint density at radius 2 is 1.74 bits per heavy atom. The quantitative estimate of drug-likeness (QED) is 0.772. The van der Waals surface area contributed by atoms with E-state index in [1.165, 1.54) is 11.9 Å². The van der Waals surface area contributed by atoms with Gasteiger partial charge in [-0.05, 0) is 39.8 Å². The fourth-order valence-electron chi connectivity index (χ4n) is 2.47. The lowest BCUT2D eigenvalue weighted by Crippen LogP contribution is -2.48. The molecule has 0 spiro atoms. The van der Waals surface area contributed by atoms with Gasteiger partial charge in [-0.25, -0.2) is 4.79 Å². The second-order valence-electron chi connectivity index (χ2n) is 7.46. The summed E-state index contributed by atoms with van der Waals surface area (Å²) in [6.07, 6.45) is -1.53. The summed E-state index contributed by atoms with van der Waals surface area (Å²) in [7, 11) is 1.47. The topological polar surface area (TPSA) is 94.2 Å². The van der Waals surface area contributed by atoms with E-state index in [0.717, 1.165) is 0 Å². The lowest BCUT2D eigenvalue weighted by atomic mass is 10.1. The molecule has 0 saturated heterocycles. The molecule has 1 aliphatic rings. The van der Waals surface area contributed by atoms with Crippen molar-refractivity contribution in [2.24, 2.45) is 0 Å². The Bertz CT molecular complexity index is 712. The maximum atomic E-state index is 12.3. The van der Waals surface area contributed by atoms with Crippen LogP contribution in [0.2, 0.25) is 0 Å². The van der Waals surface area contributed by atoms with Crippen molar-refractivity contribution in [1.29, 1.82) is 0 Å². The Kier molecular flexibility index (Phi) is 6.30. The van der Waals surface area contributed by atoms with E-state index in [-0.39, 0.29) is 12.5 Å². The fraction of sp³-hybridized carbons (Fsp3) is 0.526. The average Bonchev–Trinajstić information content (AvgIpc) is 2.56. The number of nitrogens with one attached hydrogen (secondary N) is 1. The number of rotatable bonds is 5. The normalized spacial score (nSPS) is 18.4. The highest BCUT2D eigenvalue weighted by molar-refractivity contribution is 5.87. The molecule has 8 heteroatoms. The number of fused-ring (bicyclic) bond motifs is 1. The van der Waals surface area contributed by atoms with Crippen molar-refractivity contribution in [3.05, 3.63) is 24.3 Å². The van der Waals surface area contributed by atoms with Crippen LogP contribution in [0.25, 0.3) is 0 Å². The first-order chi connectivity index (χ1) is 12.6. The van der Waals surface area contributed by atoms with Crippen LogP contribution in [0.1, 0.15) is 27.7 Å². The van der Waals surface area contributed by atoms with E-state index >= 15 is 0 Å². The van der Waals surface area contributed by atoms with Crippen molar-refractivity contribution in [2.45, 2.75) is 45.4 Å². The van der Waals surface area contributed by atoms with Crippen molar-refractivity contribution in [3.8, 4) is 11.5 Å². The summed E-state index contributed by atoms with van der Waals surface area (Å²) in [5, 5.41) is 2.76. The van der Waals surface area contributed by atoms with E-state index in [1.807, 2.05) is 20.8 Å². The Labute approximate surface area is 158 Å². The first-order valence-electron chi connectivity index (χ1n) is 8.71. The maximum absolute atomic E-state index is 12.3. The van der Waals surface area contributed by atoms with Crippen molar-refractivity contribution in [3.63, 3.8) is 0 Å². The number of amides is 2. The molecule has 27 heavy (non-hydrogen) atoms. The predicted octanol–water partition coefficient (Wildman–Crippen LogP) is 1.13. The summed E-state index contributed by atoms with van der Waals surface area (Å²) in [5.74, 6) is -0.483. The Morgan fingerprint density at radius 1 is 1.15 bits per heavy atom. The van der Waals surface area contributed by atoms with Crippen LogP contribution >= 0.6 is 0 Å². The van der Waals surface area contributed by atoms with Crippen LogP contribution in [-0.2, 0) is 19.1 Å². The van der Waals surface area contributed by atoms with Gasteiger partial charge in [-0.15, -0.1) is 0 Å². The highest BCUT2D eigenvalue weighted by atomic mass is 16.6. The van der Waals surface area contributed by atoms with Gasteiger partial charge >= 0.3 is 5.97 Å². The van der Waals surface area contributed by atoms with Gasteiger partial charge in [-0.1, -0.05) is 12.1 Å². The third-order valence-electron chi connectivity index (χ3n) is 3.73.